The Bertz CT molecular complexity index is 1340. The Balaban J connectivity index is 3.29. The average Bonchev–Trinajstić information content (AvgIpc) is 3.74. The van der Waals surface area contributed by atoms with Gasteiger partial charge in [0.05, 0.1) is 25.4 Å². The van der Waals surface area contributed by atoms with E-state index in [1.165, 1.54) is 437 Å². The van der Waals surface area contributed by atoms with Crippen molar-refractivity contribution >= 4 is 11.9 Å². The van der Waals surface area contributed by atoms with Crippen LogP contribution in [0.3, 0.4) is 0 Å². The van der Waals surface area contributed by atoms with Crippen LogP contribution in [0, 0.1) is 0 Å². The summed E-state index contributed by atoms with van der Waals surface area (Å²) < 4.78 is 5.49. The van der Waals surface area contributed by atoms with E-state index in [-0.39, 0.29) is 18.5 Å². The first kappa shape index (κ1) is 89.9. The third-order valence-corrected chi connectivity index (χ3v) is 20.7. The van der Waals surface area contributed by atoms with Gasteiger partial charge in [-0.3, -0.25) is 9.59 Å². The Kier molecular flexibility index (Phi) is 80.3. The average molecular weight is 1290 g/mol. The number of aliphatic hydroxyl groups excluding tert-OH is 2. The number of esters is 1. The molecule has 0 saturated heterocycles. The van der Waals surface area contributed by atoms with Crippen LogP contribution in [0.15, 0.2) is 0 Å². The molecule has 0 bridgehead atoms. The SMILES string of the molecule is CCCCCCCCCCCCCCCCCCCCCCCCCC(O)C(CO)NC(=O)CCCCCCCCCCCCCCCCCCCCCCCCCCCCCCCCCCCCCCCCCOC(=O)CCCCCCCCCCCCCC. The van der Waals surface area contributed by atoms with Crippen LogP contribution in [0.4, 0.5) is 0 Å². The van der Waals surface area contributed by atoms with Gasteiger partial charge < -0.3 is 20.3 Å². The van der Waals surface area contributed by atoms with E-state index < -0.39 is 12.1 Å². The zero-order valence-corrected chi connectivity index (χ0v) is 62.6. The smallest absolute Gasteiger partial charge is 0.305 e. The Morgan fingerprint density at radius 2 is 0.451 bits per heavy atom. The molecule has 0 heterocycles. The lowest BCUT2D eigenvalue weighted by molar-refractivity contribution is -0.143. The van der Waals surface area contributed by atoms with Crippen LogP contribution in [-0.2, 0) is 14.3 Å². The largest absolute Gasteiger partial charge is 0.466 e. The fourth-order valence-corrected chi connectivity index (χ4v) is 14.2. The summed E-state index contributed by atoms with van der Waals surface area (Å²) in [5.41, 5.74) is 0. The first-order valence-electron chi connectivity index (χ1n) is 42.8. The van der Waals surface area contributed by atoms with Crippen LogP contribution in [-0.4, -0.2) is 47.4 Å². The summed E-state index contributed by atoms with van der Waals surface area (Å²) in [4.78, 5) is 24.6. The molecule has 0 aliphatic heterocycles. The first-order valence-corrected chi connectivity index (χ1v) is 42.8. The second kappa shape index (κ2) is 81.3. The molecule has 91 heavy (non-hydrogen) atoms. The van der Waals surface area contributed by atoms with Crippen molar-refractivity contribution in [2.24, 2.45) is 0 Å². The van der Waals surface area contributed by atoms with Gasteiger partial charge in [-0.2, -0.15) is 0 Å². The van der Waals surface area contributed by atoms with E-state index in [1.807, 2.05) is 0 Å². The normalized spacial score (nSPS) is 12.4. The molecular weight excluding hydrogens is 1110 g/mol. The van der Waals surface area contributed by atoms with Crippen molar-refractivity contribution in [2.75, 3.05) is 13.2 Å². The molecule has 2 unspecified atom stereocenters. The summed E-state index contributed by atoms with van der Waals surface area (Å²) in [5, 5.41) is 23.5. The zero-order valence-electron chi connectivity index (χ0n) is 62.6. The lowest BCUT2D eigenvalue weighted by Gasteiger charge is -2.22. The van der Waals surface area contributed by atoms with Crippen LogP contribution in [0.25, 0.3) is 0 Å². The Hall–Kier alpha value is -1.14. The number of hydrogen-bond acceptors (Lipinski definition) is 5. The number of carbonyl (C=O) groups excluding carboxylic acids is 2. The number of hydrogen-bond donors (Lipinski definition) is 3. The maximum absolute atomic E-state index is 12.6. The molecule has 0 spiro atoms. The molecule has 3 N–H and O–H groups in total. The number of nitrogens with one attached hydrogen (secondary N) is 1. The lowest BCUT2D eigenvalue weighted by atomic mass is 10.0. The van der Waals surface area contributed by atoms with Gasteiger partial charge >= 0.3 is 5.97 Å². The third-order valence-electron chi connectivity index (χ3n) is 20.7. The van der Waals surface area contributed by atoms with Crippen LogP contribution < -0.4 is 5.32 Å². The summed E-state index contributed by atoms with van der Waals surface area (Å²) >= 11 is 0. The minimum Gasteiger partial charge on any atom is -0.466 e. The van der Waals surface area contributed by atoms with Gasteiger partial charge in [-0.15, -0.1) is 0 Å². The number of carbonyl (C=O) groups is 2. The molecule has 6 heteroatoms. The van der Waals surface area contributed by atoms with Gasteiger partial charge in [-0.1, -0.05) is 470 Å². The topological polar surface area (TPSA) is 95.9 Å². The fraction of sp³-hybridized carbons (Fsp3) is 0.976. The molecule has 6 nitrogen and oxygen atoms in total. The van der Waals surface area contributed by atoms with E-state index >= 15 is 0 Å². The lowest BCUT2D eigenvalue weighted by Crippen LogP contribution is -2.45. The highest BCUT2D eigenvalue weighted by Gasteiger charge is 2.20. The quantitative estimate of drug-likeness (QED) is 0.0417. The van der Waals surface area contributed by atoms with Crippen molar-refractivity contribution in [1.82, 2.24) is 5.32 Å². The van der Waals surface area contributed by atoms with E-state index in [9.17, 15) is 19.8 Å². The van der Waals surface area contributed by atoms with E-state index in [2.05, 4.69) is 19.2 Å². The molecule has 0 rings (SSSR count). The van der Waals surface area contributed by atoms with E-state index in [1.54, 1.807) is 0 Å². The number of rotatable bonds is 82. The molecule has 0 aliphatic carbocycles. The van der Waals surface area contributed by atoms with Gasteiger partial charge in [0.15, 0.2) is 0 Å². The molecule has 0 fully saturated rings. The summed E-state index contributed by atoms with van der Waals surface area (Å²) in [6.07, 6.45) is 102. The molecule has 0 aromatic rings. The predicted molar refractivity (Wildman–Crippen MR) is 403 cm³/mol. The van der Waals surface area contributed by atoms with E-state index in [0.29, 0.717) is 25.9 Å². The van der Waals surface area contributed by atoms with Gasteiger partial charge in [0.1, 0.15) is 0 Å². The molecule has 0 aromatic carbocycles. The molecule has 0 radical (unpaired) electrons. The second-order valence-electron chi connectivity index (χ2n) is 29.9. The minimum absolute atomic E-state index is 0.0220. The highest BCUT2D eigenvalue weighted by Crippen LogP contribution is 2.21. The van der Waals surface area contributed by atoms with Crippen molar-refractivity contribution in [2.45, 2.75) is 520 Å². The van der Waals surface area contributed by atoms with Crippen molar-refractivity contribution < 1.29 is 24.5 Å². The predicted octanol–water partition coefficient (Wildman–Crippen LogP) is 28.4. The molecular formula is C85H169NO5. The highest BCUT2D eigenvalue weighted by atomic mass is 16.5. The summed E-state index contributed by atoms with van der Waals surface area (Å²) in [5.74, 6) is 0.00415. The van der Waals surface area contributed by atoms with Crippen LogP contribution in [0.1, 0.15) is 508 Å². The summed E-state index contributed by atoms with van der Waals surface area (Å²) in [6.45, 7) is 5.02. The fourth-order valence-electron chi connectivity index (χ4n) is 14.2. The van der Waals surface area contributed by atoms with Crippen molar-refractivity contribution in [1.29, 1.82) is 0 Å². The van der Waals surface area contributed by atoms with Gasteiger partial charge in [0.2, 0.25) is 5.91 Å². The minimum atomic E-state index is -0.660. The Labute approximate surface area is 572 Å². The molecule has 2 atom stereocenters. The van der Waals surface area contributed by atoms with E-state index in [4.69, 9.17) is 4.74 Å². The summed E-state index contributed by atoms with van der Waals surface area (Å²) in [6, 6.07) is -0.537. The molecule has 0 saturated carbocycles. The first-order chi connectivity index (χ1) is 45.0. The Morgan fingerprint density at radius 1 is 0.264 bits per heavy atom. The highest BCUT2D eigenvalue weighted by molar-refractivity contribution is 5.76. The third kappa shape index (κ3) is 77.7. The standard InChI is InChI=1S/C85H169NO5/c1-3-5-7-9-11-13-15-17-18-19-20-21-39-42-45-48-51-54-57-61-65-69-73-77-83(88)82(81-87)86-84(89)78-74-70-66-62-58-55-52-49-46-43-40-37-35-33-31-29-27-25-23-22-24-26-28-30-32-34-36-38-41-44-47-50-53-56-60-64-68-72-76-80-91-85(90)79-75-71-67-63-59-16-14-12-10-8-6-4-2/h82-83,87-88H,3-81H2,1-2H3,(H,86,89). The molecule has 544 valence electrons. The maximum Gasteiger partial charge on any atom is 0.305 e. The summed E-state index contributed by atoms with van der Waals surface area (Å²) in [7, 11) is 0. The number of ether oxygens (including phenoxy) is 1. The zero-order chi connectivity index (χ0) is 65.6. The van der Waals surface area contributed by atoms with E-state index in [0.717, 1.165) is 38.5 Å². The number of aliphatic hydroxyl groups is 2. The van der Waals surface area contributed by atoms with Crippen molar-refractivity contribution in [3.8, 4) is 0 Å². The van der Waals surface area contributed by atoms with Gasteiger partial charge in [-0.25, -0.2) is 0 Å². The van der Waals surface area contributed by atoms with Crippen LogP contribution in [0.5, 0.6) is 0 Å². The monoisotopic (exact) mass is 1280 g/mol. The number of amides is 1. The maximum atomic E-state index is 12.6. The van der Waals surface area contributed by atoms with Crippen LogP contribution >= 0.6 is 0 Å². The van der Waals surface area contributed by atoms with Gasteiger partial charge in [0.25, 0.3) is 0 Å². The molecule has 0 aromatic heterocycles. The van der Waals surface area contributed by atoms with Gasteiger partial charge in [0, 0.05) is 12.8 Å². The molecule has 0 aliphatic rings. The Morgan fingerprint density at radius 3 is 0.670 bits per heavy atom. The number of unbranched alkanes of at least 4 members (excludes halogenated alkanes) is 71. The van der Waals surface area contributed by atoms with Crippen molar-refractivity contribution in [3.63, 3.8) is 0 Å². The molecule has 1 amide bonds. The second-order valence-corrected chi connectivity index (χ2v) is 29.9. The van der Waals surface area contributed by atoms with Gasteiger partial charge in [-0.05, 0) is 25.7 Å². The van der Waals surface area contributed by atoms with Crippen molar-refractivity contribution in [3.05, 3.63) is 0 Å². The van der Waals surface area contributed by atoms with Crippen LogP contribution in [0.2, 0.25) is 0 Å².